The van der Waals surface area contributed by atoms with Crippen molar-refractivity contribution in [1.29, 1.82) is 0 Å². The molecule has 0 amide bonds. The minimum Gasteiger partial charge on any atom is -0.494 e. The minimum absolute atomic E-state index is 0.104. The number of esters is 1. The lowest BCUT2D eigenvalue weighted by Gasteiger charge is -2.26. The number of hydrogen-bond donors (Lipinski definition) is 0. The number of fused-ring (bicyclic) bond motifs is 1. The maximum Gasteiger partial charge on any atom is 0.338 e. The average Bonchev–Trinajstić information content (AvgIpc) is 3.31. The van der Waals surface area contributed by atoms with E-state index in [2.05, 4.69) is 5.92 Å². The van der Waals surface area contributed by atoms with Gasteiger partial charge in [-0.1, -0.05) is 77.9 Å². The number of para-hydroxylation sites is 1. The van der Waals surface area contributed by atoms with Crippen molar-refractivity contribution in [3.63, 3.8) is 0 Å². The van der Waals surface area contributed by atoms with Gasteiger partial charge in [0.15, 0.2) is 4.80 Å². The second kappa shape index (κ2) is 12.5. The molecule has 0 bridgehead atoms. The zero-order chi connectivity index (χ0) is 28.8. The number of thiazole rings is 1. The second-order valence-corrected chi connectivity index (χ2v) is 9.97. The first-order valence-corrected chi connectivity index (χ1v) is 14.0. The average molecular weight is 565 g/mol. The molecule has 0 fully saturated rings. The number of carbonyl (C=O) groups excluding carboxylic acids is 1. The molecule has 0 spiro atoms. The summed E-state index contributed by atoms with van der Waals surface area (Å²) in [5.41, 5.74) is 2.65. The van der Waals surface area contributed by atoms with Crippen LogP contribution in [0.5, 0.6) is 11.5 Å². The van der Waals surface area contributed by atoms with Crippen LogP contribution in [0.1, 0.15) is 36.6 Å². The number of rotatable bonds is 9. The van der Waals surface area contributed by atoms with Gasteiger partial charge in [-0.3, -0.25) is 9.36 Å². The second-order valence-electron chi connectivity index (χ2n) is 8.96. The van der Waals surface area contributed by atoms with Gasteiger partial charge in [-0.15, -0.1) is 6.42 Å². The number of terminal acetylenes is 1. The van der Waals surface area contributed by atoms with Gasteiger partial charge in [-0.2, -0.15) is 0 Å². The van der Waals surface area contributed by atoms with Crippen LogP contribution in [0.15, 0.2) is 94.2 Å². The molecule has 0 aliphatic carbocycles. The van der Waals surface area contributed by atoms with Crippen molar-refractivity contribution >= 4 is 29.1 Å². The van der Waals surface area contributed by atoms with Gasteiger partial charge in [-0.25, -0.2) is 9.79 Å². The fourth-order valence-electron chi connectivity index (χ4n) is 4.66. The Kier molecular flexibility index (Phi) is 8.47. The first-order chi connectivity index (χ1) is 20.0. The molecule has 1 aliphatic rings. The molecular weight excluding hydrogens is 536 g/mol. The van der Waals surface area contributed by atoms with E-state index in [0.29, 0.717) is 44.3 Å². The molecule has 206 valence electrons. The third-order valence-electron chi connectivity index (χ3n) is 6.40. The number of nitrogens with zero attached hydrogens (tertiary/aromatic N) is 2. The highest BCUT2D eigenvalue weighted by molar-refractivity contribution is 7.07. The summed E-state index contributed by atoms with van der Waals surface area (Å²) in [6, 6.07) is 23.4. The van der Waals surface area contributed by atoms with Crippen LogP contribution in [0.3, 0.4) is 0 Å². The molecule has 1 aliphatic heterocycles. The SMILES string of the molecule is C#CCOc1ccccc1/C=c1\sc2n(c1=O)[C@H](c1ccc(OCC)cc1)C(C(=O)OCC)=C(c1ccccc1)N=2. The maximum atomic E-state index is 14.1. The quantitative estimate of drug-likeness (QED) is 0.223. The van der Waals surface area contributed by atoms with Crippen molar-refractivity contribution < 1.29 is 19.0 Å². The van der Waals surface area contributed by atoms with E-state index in [0.717, 1.165) is 11.1 Å². The predicted octanol–water partition coefficient (Wildman–Crippen LogP) is 4.35. The van der Waals surface area contributed by atoms with Crippen molar-refractivity contribution in [2.24, 2.45) is 4.99 Å². The molecule has 3 aromatic carbocycles. The summed E-state index contributed by atoms with van der Waals surface area (Å²) in [5.74, 6) is 3.19. The molecule has 0 unspecified atom stereocenters. The van der Waals surface area contributed by atoms with Gasteiger partial charge in [0.05, 0.1) is 35.1 Å². The van der Waals surface area contributed by atoms with Crippen molar-refractivity contribution in [3.05, 3.63) is 121 Å². The first-order valence-electron chi connectivity index (χ1n) is 13.2. The molecule has 0 saturated carbocycles. The Morgan fingerprint density at radius 2 is 1.73 bits per heavy atom. The predicted molar refractivity (Wildman–Crippen MR) is 159 cm³/mol. The summed E-state index contributed by atoms with van der Waals surface area (Å²) in [6.45, 7) is 4.47. The molecule has 7 nitrogen and oxygen atoms in total. The number of carbonyl (C=O) groups is 1. The minimum atomic E-state index is -0.772. The summed E-state index contributed by atoms with van der Waals surface area (Å²) in [4.78, 5) is 33.0. The molecule has 5 rings (SSSR count). The van der Waals surface area contributed by atoms with Gasteiger partial charge in [0.25, 0.3) is 5.56 Å². The third-order valence-corrected chi connectivity index (χ3v) is 7.38. The number of aromatic nitrogens is 1. The molecular formula is C33H28N2O5S. The van der Waals surface area contributed by atoms with E-state index in [1.165, 1.54) is 11.3 Å². The summed E-state index contributed by atoms with van der Waals surface area (Å²) in [7, 11) is 0. The van der Waals surface area contributed by atoms with Crippen molar-refractivity contribution in [1.82, 2.24) is 4.57 Å². The highest BCUT2D eigenvalue weighted by atomic mass is 32.1. The summed E-state index contributed by atoms with van der Waals surface area (Å²) in [6.07, 6.45) is 7.15. The van der Waals surface area contributed by atoms with E-state index < -0.39 is 12.0 Å². The van der Waals surface area contributed by atoms with Crippen LogP contribution >= 0.6 is 11.3 Å². The Morgan fingerprint density at radius 1 is 1.00 bits per heavy atom. The summed E-state index contributed by atoms with van der Waals surface area (Å²) < 4.78 is 18.9. The highest BCUT2D eigenvalue weighted by Gasteiger charge is 2.35. The Hall–Kier alpha value is -4.87. The van der Waals surface area contributed by atoms with Crippen LogP contribution in [0, 0.1) is 12.3 Å². The van der Waals surface area contributed by atoms with Gasteiger partial charge in [0, 0.05) is 11.1 Å². The first kappa shape index (κ1) is 27.7. The Morgan fingerprint density at radius 3 is 2.44 bits per heavy atom. The number of ether oxygens (including phenoxy) is 3. The molecule has 8 heteroatoms. The van der Waals surface area contributed by atoms with Crippen LogP contribution < -0.4 is 24.4 Å². The van der Waals surface area contributed by atoms with E-state index in [1.807, 2.05) is 79.7 Å². The highest BCUT2D eigenvalue weighted by Crippen LogP contribution is 2.35. The van der Waals surface area contributed by atoms with Gasteiger partial charge < -0.3 is 14.2 Å². The Balaban J connectivity index is 1.78. The zero-order valence-corrected chi connectivity index (χ0v) is 23.5. The molecule has 4 aromatic rings. The molecule has 41 heavy (non-hydrogen) atoms. The normalized spacial score (nSPS) is 14.6. The molecule has 1 aromatic heterocycles. The molecule has 0 radical (unpaired) electrons. The van der Waals surface area contributed by atoms with E-state index in [4.69, 9.17) is 25.6 Å². The van der Waals surface area contributed by atoms with Gasteiger partial charge in [0.2, 0.25) is 0 Å². The Labute approximate surface area is 241 Å². The standard InChI is InChI=1S/C33H28N2O5S/c1-4-20-40-26-15-11-10-14-24(26)21-27-31(36)35-30(23-16-18-25(19-17-23)38-5-2)28(32(37)39-6-3)29(34-33(35)41-27)22-12-8-7-9-13-22/h1,7-19,21,30H,5-6,20H2,2-3H3/b27-21-/t30-/m1/s1. The van der Waals surface area contributed by atoms with Crippen LogP contribution in [0.4, 0.5) is 0 Å². The van der Waals surface area contributed by atoms with Gasteiger partial charge in [0.1, 0.15) is 18.1 Å². The van der Waals surface area contributed by atoms with Crippen LogP contribution in [0.25, 0.3) is 11.8 Å². The van der Waals surface area contributed by atoms with Crippen molar-refractivity contribution in [2.75, 3.05) is 19.8 Å². The lowest BCUT2D eigenvalue weighted by molar-refractivity contribution is -0.138. The van der Waals surface area contributed by atoms with E-state index in [1.54, 1.807) is 23.6 Å². The van der Waals surface area contributed by atoms with Gasteiger partial charge >= 0.3 is 5.97 Å². The van der Waals surface area contributed by atoms with Crippen LogP contribution in [-0.4, -0.2) is 30.4 Å². The maximum absolute atomic E-state index is 14.1. The number of hydrogen-bond acceptors (Lipinski definition) is 7. The van der Waals surface area contributed by atoms with Crippen molar-refractivity contribution in [3.8, 4) is 23.8 Å². The lowest BCUT2D eigenvalue weighted by Crippen LogP contribution is -2.40. The van der Waals surface area contributed by atoms with Gasteiger partial charge in [-0.05, 0) is 43.7 Å². The molecule has 0 N–H and O–H groups in total. The van der Waals surface area contributed by atoms with E-state index >= 15 is 0 Å². The lowest BCUT2D eigenvalue weighted by atomic mass is 9.93. The number of benzene rings is 3. The van der Waals surface area contributed by atoms with E-state index in [9.17, 15) is 9.59 Å². The molecule has 2 heterocycles. The van der Waals surface area contributed by atoms with Crippen molar-refractivity contribution in [2.45, 2.75) is 19.9 Å². The smallest absolute Gasteiger partial charge is 0.338 e. The monoisotopic (exact) mass is 564 g/mol. The van der Waals surface area contributed by atoms with Crippen LogP contribution in [0.2, 0.25) is 0 Å². The zero-order valence-electron chi connectivity index (χ0n) is 22.7. The van der Waals surface area contributed by atoms with Crippen LogP contribution in [-0.2, 0) is 9.53 Å². The molecule has 0 saturated heterocycles. The summed E-state index contributed by atoms with van der Waals surface area (Å²) >= 11 is 1.25. The topological polar surface area (TPSA) is 79.1 Å². The Bertz CT molecular complexity index is 1810. The molecule has 1 atom stereocenters. The fourth-order valence-corrected chi connectivity index (χ4v) is 5.65. The summed E-state index contributed by atoms with van der Waals surface area (Å²) in [5, 5.41) is 0. The van der Waals surface area contributed by atoms with E-state index in [-0.39, 0.29) is 18.8 Å². The fraction of sp³-hybridized carbons (Fsp3) is 0.182. The third kappa shape index (κ3) is 5.72. The largest absolute Gasteiger partial charge is 0.494 e.